The zero-order chi connectivity index (χ0) is 20.0. The van der Waals surface area contributed by atoms with Crippen molar-refractivity contribution in [2.75, 3.05) is 0 Å². The Bertz CT molecular complexity index is 666. The molecule has 3 rings (SSSR count). The Labute approximate surface area is 175 Å². The molecule has 0 atom stereocenters. The molecule has 0 bridgehead atoms. The third kappa shape index (κ3) is 5.61. The second-order valence-corrected chi connectivity index (χ2v) is 8.72. The summed E-state index contributed by atoms with van der Waals surface area (Å²) in [6.07, 6.45) is 7.69. The number of ether oxygens (including phenoxy) is 1. The van der Waals surface area contributed by atoms with Gasteiger partial charge in [0.25, 0.3) is 0 Å². The molecule has 0 amide bonds. The smallest absolute Gasteiger partial charge is 0.400 e. The van der Waals surface area contributed by atoms with E-state index in [1.165, 1.54) is 50.7 Å². The minimum Gasteiger partial charge on any atom is -0.432 e. The maximum Gasteiger partial charge on any atom is 0.400 e. The molecule has 158 valence electrons. The molecular formula is C23H35F2NOS. The Hall–Kier alpha value is -1.32. The van der Waals surface area contributed by atoms with E-state index < -0.39 is 12.0 Å². The predicted molar refractivity (Wildman–Crippen MR) is 117 cm³/mol. The van der Waals surface area contributed by atoms with Crippen LogP contribution in [0.15, 0.2) is 29.3 Å². The van der Waals surface area contributed by atoms with E-state index in [0.29, 0.717) is 24.4 Å². The summed E-state index contributed by atoms with van der Waals surface area (Å²) in [5, 5.41) is 2.26. The zero-order valence-corrected chi connectivity index (χ0v) is 17.5. The molecule has 2 fully saturated rings. The van der Waals surface area contributed by atoms with Gasteiger partial charge in [-0.05, 0) is 92.8 Å². The van der Waals surface area contributed by atoms with Crippen LogP contribution in [-0.4, -0.2) is 11.3 Å². The largest absolute Gasteiger partial charge is 0.432 e. The summed E-state index contributed by atoms with van der Waals surface area (Å²) in [5.41, 5.74) is 0.583. The summed E-state index contributed by atoms with van der Waals surface area (Å²) >= 11 is 4.55. The quantitative estimate of drug-likeness (QED) is 0.332. The molecule has 0 aliphatic heterocycles. The number of hydrogen-bond donors (Lipinski definition) is 0. The highest BCUT2D eigenvalue weighted by Gasteiger charge is 2.45. The van der Waals surface area contributed by atoms with Crippen molar-refractivity contribution in [1.29, 1.82) is 0 Å². The standard InChI is InChI=1S/C23H31F2NOS.2H2/c1-2-3-17-4-6-18(7-5-17)19-8-10-20(11-9-19)23(24,25)27-22-14-12-21(13-15-22)26-16-28;;/h12-15,17-20H,2-11H2,1H3;2*1H. The average Bonchev–Trinajstić information content (AvgIpc) is 2.70. The first kappa shape index (κ1) is 21.4. The minimum atomic E-state index is -3.13. The lowest BCUT2D eigenvalue weighted by Crippen LogP contribution is -2.38. The highest BCUT2D eigenvalue weighted by Crippen LogP contribution is 2.45. The molecule has 5 heteroatoms. The molecule has 2 saturated carbocycles. The molecule has 0 saturated heterocycles. The van der Waals surface area contributed by atoms with E-state index in [4.69, 9.17) is 4.74 Å². The van der Waals surface area contributed by atoms with Crippen LogP contribution in [-0.2, 0) is 0 Å². The number of halogens is 2. The Morgan fingerprint density at radius 1 is 1.04 bits per heavy atom. The predicted octanol–water partition coefficient (Wildman–Crippen LogP) is 8.30. The molecule has 0 N–H and O–H groups in total. The summed E-state index contributed by atoms with van der Waals surface area (Å²) in [7, 11) is 0. The van der Waals surface area contributed by atoms with Crippen LogP contribution in [0.25, 0.3) is 0 Å². The van der Waals surface area contributed by atoms with Crippen LogP contribution in [0.2, 0.25) is 0 Å². The maximum atomic E-state index is 14.7. The molecule has 0 heterocycles. The fraction of sp³-hybridized carbons (Fsp3) is 0.696. The third-order valence-corrected chi connectivity index (χ3v) is 6.86. The van der Waals surface area contributed by atoms with Crippen molar-refractivity contribution in [1.82, 2.24) is 0 Å². The molecular weight excluding hydrogens is 376 g/mol. The number of isothiocyanates is 1. The van der Waals surface area contributed by atoms with Gasteiger partial charge in [0, 0.05) is 2.85 Å². The molecule has 2 aliphatic rings. The van der Waals surface area contributed by atoms with Gasteiger partial charge in [0.1, 0.15) is 5.75 Å². The number of hydrogen-bond acceptors (Lipinski definition) is 3. The fourth-order valence-electron chi connectivity index (χ4n) is 5.17. The molecule has 0 unspecified atom stereocenters. The van der Waals surface area contributed by atoms with Gasteiger partial charge >= 0.3 is 6.11 Å². The number of nitrogens with zero attached hydrogens (tertiary/aromatic N) is 1. The first-order valence-electron chi connectivity index (χ1n) is 10.8. The summed E-state index contributed by atoms with van der Waals surface area (Å²) in [6, 6.07) is 6.24. The lowest BCUT2D eigenvalue weighted by Gasteiger charge is -2.39. The van der Waals surface area contributed by atoms with E-state index in [-0.39, 0.29) is 8.60 Å². The first-order chi connectivity index (χ1) is 13.5. The number of aliphatic imine (C=N–C) groups is 1. The van der Waals surface area contributed by atoms with E-state index in [1.807, 2.05) is 0 Å². The van der Waals surface area contributed by atoms with Crippen molar-refractivity contribution in [3.8, 4) is 5.75 Å². The number of thiocarbonyl (C=S) groups is 1. The molecule has 28 heavy (non-hydrogen) atoms. The SMILES string of the molecule is CCCC1CCC(C2CCC(C(F)(F)Oc3ccc(N=C=S)cc3)CC2)CC1.[HH].[HH]. The molecule has 1 aromatic carbocycles. The average molecular weight is 412 g/mol. The van der Waals surface area contributed by atoms with Gasteiger partial charge in [-0.15, -0.1) is 0 Å². The summed E-state index contributed by atoms with van der Waals surface area (Å²) < 4.78 is 34.4. The molecule has 0 aromatic heterocycles. The van der Waals surface area contributed by atoms with Gasteiger partial charge in [0.15, 0.2) is 0 Å². The van der Waals surface area contributed by atoms with Gasteiger partial charge in [-0.3, -0.25) is 0 Å². The fourth-order valence-corrected chi connectivity index (χ4v) is 5.27. The van der Waals surface area contributed by atoms with Crippen molar-refractivity contribution in [2.24, 2.45) is 28.7 Å². The second-order valence-electron chi connectivity index (χ2n) is 8.54. The Balaban J connectivity index is 0.00000225. The van der Waals surface area contributed by atoms with Crippen molar-refractivity contribution < 1.29 is 16.4 Å². The van der Waals surface area contributed by atoms with Gasteiger partial charge in [0.05, 0.1) is 16.8 Å². The van der Waals surface area contributed by atoms with E-state index in [2.05, 4.69) is 29.3 Å². The zero-order valence-electron chi connectivity index (χ0n) is 16.7. The number of alkyl halides is 2. The Kier molecular flexibility index (Phi) is 7.59. The monoisotopic (exact) mass is 411 g/mol. The highest BCUT2D eigenvalue weighted by molar-refractivity contribution is 7.78. The number of rotatable bonds is 7. The van der Waals surface area contributed by atoms with Gasteiger partial charge in [-0.2, -0.15) is 13.8 Å². The van der Waals surface area contributed by atoms with Gasteiger partial charge in [-0.25, -0.2) is 0 Å². The first-order valence-corrected chi connectivity index (χ1v) is 11.2. The van der Waals surface area contributed by atoms with Crippen LogP contribution in [0, 0.1) is 23.7 Å². The van der Waals surface area contributed by atoms with Crippen molar-refractivity contribution in [3.05, 3.63) is 24.3 Å². The second kappa shape index (κ2) is 9.93. The van der Waals surface area contributed by atoms with Crippen LogP contribution in [0.5, 0.6) is 5.75 Å². The number of benzene rings is 1. The van der Waals surface area contributed by atoms with E-state index in [0.717, 1.165) is 24.7 Å². The summed E-state index contributed by atoms with van der Waals surface area (Å²) in [5.74, 6) is 1.75. The lowest BCUT2D eigenvalue weighted by molar-refractivity contribution is -0.224. The highest BCUT2D eigenvalue weighted by atomic mass is 32.1. The normalized spacial score (nSPS) is 28.4. The van der Waals surface area contributed by atoms with Crippen LogP contribution in [0.4, 0.5) is 14.5 Å². The van der Waals surface area contributed by atoms with Crippen molar-refractivity contribution in [2.45, 2.75) is 77.2 Å². The minimum absolute atomic E-state index is 0. The summed E-state index contributed by atoms with van der Waals surface area (Å²) in [6.45, 7) is 2.26. The van der Waals surface area contributed by atoms with Crippen LogP contribution in [0.1, 0.15) is 74.0 Å². The summed E-state index contributed by atoms with van der Waals surface area (Å²) in [4.78, 5) is 3.82. The lowest BCUT2D eigenvalue weighted by atomic mass is 9.68. The molecule has 1 aromatic rings. The molecule has 0 spiro atoms. The van der Waals surface area contributed by atoms with E-state index in [1.54, 1.807) is 12.1 Å². The van der Waals surface area contributed by atoms with Crippen LogP contribution < -0.4 is 4.74 Å². The van der Waals surface area contributed by atoms with Crippen LogP contribution in [0.3, 0.4) is 0 Å². The maximum absolute atomic E-state index is 14.7. The Morgan fingerprint density at radius 2 is 1.61 bits per heavy atom. The molecule has 2 aliphatic carbocycles. The van der Waals surface area contributed by atoms with E-state index in [9.17, 15) is 8.78 Å². The van der Waals surface area contributed by atoms with Crippen molar-refractivity contribution >= 4 is 23.1 Å². The van der Waals surface area contributed by atoms with Gasteiger partial charge in [-0.1, -0.05) is 32.6 Å². The van der Waals surface area contributed by atoms with Gasteiger partial charge in [0.2, 0.25) is 0 Å². The third-order valence-electron chi connectivity index (χ3n) is 6.77. The van der Waals surface area contributed by atoms with Crippen LogP contribution >= 0.6 is 12.2 Å². The van der Waals surface area contributed by atoms with E-state index >= 15 is 0 Å². The molecule has 2 nitrogen and oxygen atoms in total. The molecule has 0 radical (unpaired) electrons. The topological polar surface area (TPSA) is 21.6 Å². The van der Waals surface area contributed by atoms with Gasteiger partial charge < -0.3 is 4.74 Å². The Morgan fingerprint density at radius 3 is 2.14 bits per heavy atom. The van der Waals surface area contributed by atoms with Crippen molar-refractivity contribution in [3.63, 3.8) is 0 Å².